The summed E-state index contributed by atoms with van der Waals surface area (Å²) in [6.45, 7) is 7.84. The molecule has 0 bridgehead atoms. The molecule has 1 saturated heterocycles. The van der Waals surface area contributed by atoms with Gasteiger partial charge in [0.05, 0.1) is 19.3 Å². The highest BCUT2D eigenvalue weighted by molar-refractivity contribution is 5.87. The van der Waals surface area contributed by atoms with Gasteiger partial charge in [0.1, 0.15) is 0 Å². The summed E-state index contributed by atoms with van der Waals surface area (Å²) in [6, 6.07) is -0.0153. The third-order valence-corrected chi connectivity index (χ3v) is 4.93. The largest absolute Gasteiger partial charge is 0.478 e. The molecular weight excluding hydrogens is 296 g/mol. The molecule has 0 aromatic rings. The Morgan fingerprint density at radius 1 is 1.48 bits per heavy atom. The number of rotatable bonds is 7. The minimum Gasteiger partial charge on any atom is -0.478 e. The smallest absolute Gasteiger partial charge is 0.331 e. The molecule has 0 spiro atoms. The first-order valence-corrected chi connectivity index (χ1v) is 8.65. The molecule has 1 aliphatic carbocycles. The van der Waals surface area contributed by atoms with Crippen LogP contribution >= 0.6 is 0 Å². The molecule has 0 aromatic heterocycles. The summed E-state index contributed by atoms with van der Waals surface area (Å²) in [5.74, 6) is -0.598. The molecule has 1 heterocycles. The molecule has 1 fully saturated rings. The number of ether oxygens (including phenoxy) is 2. The zero-order valence-corrected chi connectivity index (χ0v) is 14.2. The maximum atomic E-state index is 11.3. The Kier molecular flexibility index (Phi) is 7.02. The lowest BCUT2D eigenvalue weighted by molar-refractivity contribution is -0.133. The number of carboxylic acids is 1. The summed E-state index contributed by atoms with van der Waals surface area (Å²) in [5.41, 5.74) is 6.62. The van der Waals surface area contributed by atoms with Crippen LogP contribution in [0.4, 0.5) is 0 Å². The van der Waals surface area contributed by atoms with Crippen LogP contribution in [0.25, 0.3) is 0 Å². The highest BCUT2D eigenvalue weighted by atomic mass is 16.5. The van der Waals surface area contributed by atoms with E-state index in [1.165, 1.54) is 0 Å². The molecule has 6 nitrogen and oxygen atoms in total. The molecule has 132 valence electrons. The van der Waals surface area contributed by atoms with E-state index in [0.717, 1.165) is 25.9 Å². The lowest BCUT2D eigenvalue weighted by Crippen LogP contribution is -2.52. The van der Waals surface area contributed by atoms with E-state index in [-0.39, 0.29) is 24.1 Å². The molecule has 3 N–H and O–H groups in total. The summed E-state index contributed by atoms with van der Waals surface area (Å²) in [4.78, 5) is 13.7. The molecular formula is C17H30N2O4. The van der Waals surface area contributed by atoms with Gasteiger partial charge in [0, 0.05) is 30.8 Å². The van der Waals surface area contributed by atoms with Gasteiger partial charge in [-0.1, -0.05) is 13.0 Å². The first-order valence-electron chi connectivity index (χ1n) is 8.65. The monoisotopic (exact) mass is 326 g/mol. The van der Waals surface area contributed by atoms with Crippen molar-refractivity contribution < 1.29 is 19.4 Å². The van der Waals surface area contributed by atoms with E-state index in [1.54, 1.807) is 0 Å². The molecule has 4 atom stereocenters. The van der Waals surface area contributed by atoms with Crippen molar-refractivity contribution in [1.82, 2.24) is 4.90 Å². The molecule has 23 heavy (non-hydrogen) atoms. The maximum Gasteiger partial charge on any atom is 0.331 e. The van der Waals surface area contributed by atoms with Crippen LogP contribution in [0.5, 0.6) is 0 Å². The van der Waals surface area contributed by atoms with Crippen LogP contribution in [0, 0.1) is 5.92 Å². The summed E-state index contributed by atoms with van der Waals surface area (Å²) in [5, 5.41) is 9.30. The van der Waals surface area contributed by atoms with Gasteiger partial charge in [0.15, 0.2) is 0 Å². The van der Waals surface area contributed by atoms with E-state index in [9.17, 15) is 9.90 Å². The van der Waals surface area contributed by atoms with Crippen LogP contribution in [0.15, 0.2) is 11.6 Å². The van der Waals surface area contributed by atoms with Crippen molar-refractivity contribution in [3.8, 4) is 0 Å². The quantitative estimate of drug-likeness (QED) is 0.685. The number of carbonyl (C=O) groups is 1. The number of hydrogen-bond acceptors (Lipinski definition) is 5. The normalized spacial score (nSPS) is 32.6. The fourth-order valence-electron chi connectivity index (χ4n) is 3.51. The van der Waals surface area contributed by atoms with E-state index in [1.807, 2.05) is 13.0 Å². The minimum absolute atomic E-state index is 0.0862. The Labute approximate surface area is 138 Å². The summed E-state index contributed by atoms with van der Waals surface area (Å²) in [6.07, 6.45) is 4.66. The standard InChI is InChI=1S/C17H30N2O4/c1-3-22-7-8-23-14-5-4-6-19(11-14)16-10-13(17(20)21)9-15(18)12(16)2/h10,12,14-16H,3-9,11,18H2,1-2H3,(H,20,21)/t12-,14+,15+,16-/m1/s1. The van der Waals surface area contributed by atoms with Gasteiger partial charge in [-0.25, -0.2) is 4.79 Å². The van der Waals surface area contributed by atoms with Crippen molar-refractivity contribution in [2.45, 2.75) is 51.3 Å². The SMILES string of the molecule is CCOCCO[C@H]1CCCN([C@@H]2C=C(C(=O)O)C[C@H](N)[C@H]2C)C1. The maximum absolute atomic E-state index is 11.3. The van der Waals surface area contributed by atoms with Gasteiger partial charge in [-0.15, -0.1) is 0 Å². The number of nitrogens with zero attached hydrogens (tertiary/aromatic N) is 1. The van der Waals surface area contributed by atoms with Crippen LogP contribution < -0.4 is 5.73 Å². The predicted molar refractivity (Wildman–Crippen MR) is 88.3 cm³/mol. The van der Waals surface area contributed by atoms with Crippen LogP contribution in [-0.4, -0.2) is 67.1 Å². The van der Waals surface area contributed by atoms with E-state index in [0.29, 0.717) is 31.8 Å². The molecule has 0 amide bonds. The van der Waals surface area contributed by atoms with E-state index in [2.05, 4.69) is 11.8 Å². The van der Waals surface area contributed by atoms with Crippen molar-refractivity contribution in [2.24, 2.45) is 11.7 Å². The Morgan fingerprint density at radius 3 is 2.96 bits per heavy atom. The van der Waals surface area contributed by atoms with Crippen molar-refractivity contribution in [2.75, 3.05) is 32.9 Å². The van der Waals surface area contributed by atoms with Crippen LogP contribution in [0.3, 0.4) is 0 Å². The number of nitrogens with two attached hydrogens (primary N) is 1. The molecule has 2 rings (SSSR count). The second kappa shape index (κ2) is 8.78. The lowest BCUT2D eigenvalue weighted by atomic mass is 9.81. The number of likely N-dealkylation sites (tertiary alicyclic amines) is 1. The molecule has 0 unspecified atom stereocenters. The molecule has 6 heteroatoms. The average Bonchev–Trinajstić information content (AvgIpc) is 2.54. The second-order valence-corrected chi connectivity index (χ2v) is 6.54. The van der Waals surface area contributed by atoms with Gasteiger partial charge in [0.2, 0.25) is 0 Å². The zero-order valence-electron chi connectivity index (χ0n) is 14.2. The van der Waals surface area contributed by atoms with Gasteiger partial charge in [-0.2, -0.15) is 0 Å². The topological polar surface area (TPSA) is 85.0 Å². The Bertz CT molecular complexity index is 427. The van der Waals surface area contributed by atoms with E-state index >= 15 is 0 Å². The number of hydrogen-bond donors (Lipinski definition) is 2. The first-order chi connectivity index (χ1) is 11.0. The van der Waals surface area contributed by atoms with Crippen molar-refractivity contribution in [1.29, 1.82) is 0 Å². The summed E-state index contributed by atoms with van der Waals surface area (Å²) < 4.78 is 11.2. The Balaban J connectivity index is 1.96. The molecule has 1 aliphatic heterocycles. The molecule has 0 radical (unpaired) electrons. The average molecular weight is 326 g/mol. The highest BCUT2D eigenvalue weighted by Gasteiger charge is 2.35. The van der Waals surface area contributed by atoms with Gasteiger partial charge in [-0.3, -0.25) is 4.90 Å². The fraction of sp³-hybridized carbons (Fsp3) is 0.824. The van der Waals surface area contributed by atoms with Crippen molar-refractivity contribution in [3.63, 3.8) is 0 Å². The number of aliphatic carboxylic acids is 1. The Hall–Kier alpha value is -0.950. The van der Waals surface area contributed by atoms with Crippen molar-refractivity contribution >= 4 is 5.97 Å². The molecule has 0 aromatic carbocycles. The van der Waals surface area contributed by atoms with Crippen LogP contribution in [0.1, 0.15) is 33.1 Å². The zero-order chi connectivity index (χ0) is 16.8. The summed E-state index contributed by atoms with van der Waals surface area (Å²) >= 11 is 0. The van der Waals surface area contributed by atoms with Gasteiger partial charge in [0.25, 0.3) is 0 Å². The third kappa shape index (κ3) is 5.01. The van der Waals surface area contributed by atoms with E-state index in [4.69, 9.17) is 15.2 Å². The van der Waals surface area contributed by atoms with Gasteiger partial charge < -0.3 is 20.3 Å². The second-order valence-electron chi connectivity index (χ2n) is 6.54. The fourth-order valence-corrected chi connectivity index (χ4v) is 3.51. The van der Waals surface area contributed by atoms with Crippen molar-refractivity contribution in [3.05, 3.63) is 11.6 Å². The van der Waals surface area contributed by atoms with Crippen LogP contribution in [-0.2, 0) is 14.3 Å². The Morgan fingerprint density at radius 2 is 2.26 bits per heavy atom. The summed E-state index contributed by atoms with van der Waals surface area (Å²) in [7, 11) is 0. The van der Waals surface area contributed by atoms with Gasteiger partial charge >= 0.3 is 5.97 Å². The van der Waals surface area contributed by atoms with E-state index < -0.39 is 5.97 Å². The first kappa shape index (κ1) is 18.4. The third-order valence-electron chi connectivity index (χ3n) is 4.93. The molecule has 0 saturated carbocycles. The number of piperidine rings is 1. The lowest BCUT2D eigenvalue weighted by Gasteiger charge is -2.43. The highest BCUT2D eigenvalue weighted by Crippen LogP contribution is 2.29. The predicted octanol–water partition coefficient (Wildman–Crippen LogP) is 1.25. The van der Waals surface area contributed by atoms with Gasteiger partial charge in [-0.05, 0) is 38.6 Å². The number of carboxylic acid groups (broad SMARTS) is 1. The minimum atomic E-state index is -0.848. The molecule has 2 aliphatic rings. The van der Waals surface area contributed by atoms with Crippen LogP contribution in [0.2, 0.25) is 0 Å².